The van der Waals surface area contributed by atoms with Crippen LogP contribution < -0.4 is 25.4 Å². The number of anilines is 5. The first kappa shape index (κ1) is 28.1. The van der Waals surface area contributed by atoms with Crippen LogP contribution in [0.5, 0.6) is 11.5 Å². The Bertz CT molecular complexity index is 1370. The van der Waals surface area contributed by atoms with Gasteiger partial charge in [0, 0.05) is 40.0 Å². The van der Waals surface area contributed by atoms with Gasteiger partial charge in [-0.3, -0.25) is 4.79 Å². The van der Waals surface area contributed by atoms with Crippen LogP contribution in [0.4, 0.5) is 33.2 Å². The number of methoxy groups -OCH3 is 3. The number of hydrogen-bond donors (Lipinski definition) is 4. The van der Waals surface area contributed by atoms with E-state index in [9.17, 15) is 9.18 Å². The SMILES string of the molecule is COC.COCCOc1ccc(Nc2nc(Nc3ccc(F)cc3NC(C)=O)c3[nH]cnc3n2)cc1OC. The number of aromatic nitrogens is 4. The van der Waals surface area contributed by atoms with Crippen LogP contribution in [0.2, 0.25) is 0 Å². The number of carbonyl (C=O) groups excluding carboxylic acids is 1. The topological polar surface area (TPSA) is 145 Å². The van der Waals surface area contributed by atoms with Crippen LogP contribution in [0.15, 0.2) is 42.7 Å². The smallest absolute Gasteiger partial charge is 0.231 e. The quantitative estimate of drug-likeness (QED) is 0.221. The van der Waals surface area contributed by atoms with E-state index in [4.69, 9.17) is 14.2 Å². The van der Waals surface area contributed by atoms with Crippen molar-refractivity contribution < 1.29 is 28.1 Å². The van der Waals surface area contributed by atoms with E-state index < -0.39 is 5.82 Å². The highest BCUT2D eigenvalue weighted by Gasteiger charge is 2.14. The molecule has 0 aliphatic carbocycles. The number of benzene rings is 2. The van der Waals surface area contributed by atoms with Gasteiger partial charge in [0.1, 0.15) is 17.9 Å². The van der Waals surface area contributed by atoms with Crippen LogP contribution in [0.25, 0.3) is 11.2 Å². The molecule has 4 aromatic rings. The van der Waals surface area contributed by atoms with Crippen LogP contribution in [-0.4, -0.2) is 67.5 Å². The summed E-state index contributed by atoms with van der Waals surface area (Å²) in [6.07, 6.45) is 1.49. The number of carbonyl (C=O) groups is 1. The predicted molar refractivity (Wildman–Crippen MR) is 142 cm³/mol. The number of nitrogens with zero attached hydrogens (tertiary/aromatic N) is 3. The number of fused-ring (bicyclic) bond motifs is 1. The van der Waals surface area contributed by atoms with Crippen molar-refractivity contribution in [3.05, 3.63) is 48.5 Å². The lowest BCUT2D eigenvalue weighted by Gasteiger charge is -2.14. The Morgan fingerprint density at radius 2 is 1.76 bits per heavy atom. The zero-order valence-corrected chi connectivity index (χ0v) is 21.7. The Labute approximate surface area is 218 Å². The number of imidazole rings is 1. The summed E-state index contributed by atoms with van der Waals surface area (Å²) in [7, 11) is 6.40. The minimum atomic E-state index is -0.486. The third-order valence-electron chi connectivity index (χ3n) is 4.80. The van der Waals surface area contributed by atoms with Crippen molar-refractivity contribution in [3.63, 3.8) is 0 Å². The minimum Gasteiger partial charge on any atom is -0.493 e. The molecule has 1 amide bonds. The third-order valence-corrected chi connectivity index (χ3v) is 4.80. The van der Waals surface area contributed by atoms with Crippen molar-refractivity contribution in [1.82, 2.24) is 19.9 Å². The fourth-order valence-electron chi connectivity index (χ4n) is 3.25. The number of H-pyrrole nitrogens is 1. The van der Waals surface area contributed by atoms with Gasteiger partial charge < -0.3 is 39.9 Å². The first-order valence-electron chi connectivity index (χ1n) is 11.4. The highest BCUT2D eigenvalue weighted by Crippen LogP contribution is 2.32. The van der Waals surface area contributed by atoms with Gasteiger partial charge in [-0.05, 0) is 30.3 Å². The molecule has 13 heteroatoms. The highest BCUT2D eigenvalue weighted by molar-refractivity contribution is 5.95. The number of aromatic amines is 1. The fraction of sp³-hybridized carbons (Fsp3) is 0.280. The van der Waals surface area contributed by atoms with E-state index in [0.717, 1.165) is 0 Å². The molecule has 0 radical (unpaired) electrons. The van der Waals surface area contributed by atoms with Crippen LogP contribution in [0, 0.1) is 5.82 Å². The van der Waals surface area contributed by atoms with Gasteiger partial charge in [-0.2, -0.15) is 9.97 Å². The minimum absolute atomic E-state index is 0.255. The molecule has 0 bridgehead atoms. The average molecular weight is 528 g/mol. The standard InChI is InChI=1S/C23H24FN7O4.C2H6O/c1-13(32)27-17-10-14(24)4-6-16(17)29-22-20-21(26-12-25-20)30-23(31-22)28-15-5-7-18(19(11-15)34-3)35-9-8-33-2;1-3-2/h4-7,10-12H,8-9H2,1-3H3,(H,27,32)(H3,25,26,28,29,30,31);1-2H3. The average Bonchev–Trinajstić information content (AvgIpc) is 3.36. The molecule has 0 aliphatic rings. The molecule has 0 saturated carbocycles. The van der Waals surface area contributed by atoms with Crippen LogP contribution in [0.3, 0.4) is 0 Å². The molecule has 0 saturated heterocycles. The van der Waals surface area contributed by atoms with Gasteiger partial charge >= 0.3 is 0 Å². The number of rotatable bonds is 10. The van der Waals surface area contributed by atoms with Crippen molar-refractivity contribution in [3.8, 4) is 11.5 Å². The maximum absolute atomic E-state index is 13.8. The molecule has 2 aromatic carbocycles. The van der Waals surface area contributed by atoms with Gasteiger partial charge in [-0.15, -0.1) is 0 Å². The van der Waals surface area contributed by atoms with Crippen molar-refractivity contribution in [2.45, 2.75) is 6.92 Å². The van der Waals surface area contributed by atoms with Gasteiger partial charge in [0.05, 0.1) is 31.4 Å². The second-order valence-electron chi connectivity index (χ2n) is 7.73. The predicted octanol–water partition coefficient (Wildman–Crippen LogP) is 4.23. The second kappa shape index (κ2) is 13.7. The number of amides is 1. The summed E-state index contributed by atoms with van der Waals surface area (Å²) < 4.78 is 34.1. The van der Waals surface area contributed by atoms with Gasteiger partial charge in [0.25, 0.3) is 0 Å². The molecule has 0 spiro atoms. The van der Waals surface area contributed by atoms with Gasteiger partial charge in [-0.25, -0.2) is 9.37 Å². The van der Waals surface area contributed by atoms with E-state index in [-0.39, 0.29) is 17.5 Å². The Balaban J connectivity index is 0.00000127. The molecule has 0 fully saturated rings. The molecule has 0 atom stereocenters. The molecule has 2 heterocycles. The molecule has 12 nitrogen and oxygen atoms in total. The first-order chi connectivity index (χ1) is 18.4. The van der Waals surface area contributed by atoms with E-state index in [0.29, 0.717) is 53.1 Å². The number of halogens is 1. The van der Waals surface area contributed by atoms with E-state index in [1.54, 1.807) is 46.6 Å². The molecule has 4 rings (SSSR count). The summed E-state index contributed by atoms with van der Waals surface area (Å²) in [4.78, 5) is 27.8. The monoisotopic (exact) mass is 527 g/mol. The zero-order chi connectivity index (χ0) is 27.5. The van der Waals surface area contributed by atoms with E-state index >= 15 is 0 Å². The molecule has 38 heavy (non-hydrogen) atoms. The molecular weight excluding hydrogens is 497 g/mol. The van der Waals surface area contributed by atoms with Crippen molar-refractivity contribution in [2.24, 2.45) is 0 Å². The molecule has 4 N–H and O–H groups in total. The van der Waals surface area contributed by atoms with Crippen LogP contribution >= 0.6 is 0 Å². The number of nitrogens with one attached hydrogen (secondary N) is 4. The van der Waals surface area contributed by atoms with E-state index in [1.807, 2.05) is 0 Å². The summed E-state index contributed by atoms with van der Waals surface area (Å²) in [5, 5.41) is 8.86. The molecule has 2 aromatic heterocycles. The molecule has 0 aliphatic heterocycles. The number of hydrogen-bond acceptors (Lipinski definition) is 10. The first-order valence-corrected chi connectivity index (χ1v) is 11.4. The molecular formula is C25H30FN7O5. The Morgan fingerprint density at radius 1 is 0.974 bits per heavy atom. The van der Waals surface area contributed by atoms with Crippen LogP contribution in [0.1, 0.15) is 6.92 Å². The molecule has 0 unspecified atom stereocenters. The van der Waals surface area contributed by atoms with E-state index in [2.05, 4.69) is 40.6 Å². The lowest BCUT2D eigenvalue weighted by atomic mass is 10.2. The second-order valence-corrected chi connectivity index (χ2v) is 7.73. The summed E-state index contributed by atoms with van der Waals surface area (Å²) in [5.74, 6) is 0.906. The van der Waals surface area contributed by atoms with E-state index in [1.165, 1.54) is 31.5 Å². The maximum Gasteiger partial charge on any atom is 0.231 e. The number of ether oxygens (including phenoxy) is 4. The summed E-state index contributed by atoms with van der Waals surface area (Å²) in [5.41, 5.74) is 2.31. The van der Waals surface area contributed by atoms with Crippen molar-refractivity contribution in [2.75, 3.05) is 57.6 Å². The normalized spacial score (nSPS) is 10.4. The Kier molecular flexibility index (Phi) is 10.1. The van der Waals surface area contributed by atoms with Gasteiger partial charge in [-0.1, -0.05) is 0 Å². The summed E-state index contributed by atoms with van der Waals surface area (Å²) >= 11 is 0. The Hall–Kier alpha value is -4.49. The Morgan fingerprint density at radius 3 is 2.47 bits per heavy atom. The zero-order valence-electron chi connectivity index (χ0n) is 21.7. The van der Waals surface area contributed by atoms with Gasteiger partial charge in [0.2, 0.25) is 11.9 Å². The van der Waals surface area contributed by atoms with Gasteiger partial charge in [0.15, 0.2) is 23.0 Å². The lowest BCUT2D eigenvalue weighted by Crippen LogP contribution is -2.09. The largest absolute Gasteiger partial charge is 0.493 e. The van der Waals surface area contributed by atoms with Crippen molar-refractivity contribution in [1.29, 1.82) is 0 Å². The molecule has 202 valence electrons. The summed E-state index contributed by atoms with van der Waals surface area (Å²) in [6.45, 7) is 2.18. The fourth-order valence-corrected chi connectivity index (χ4v) is 3.25. The maximum atomic E-state index is 13.8. The summed E-state index contributed by atoms with van der Waals surface area (Å²) in [6, 6.07) is 9.32. The van der Waals surface area contributed by atoms with Crippen LogP contribution in [-0.2, 0) is 14.3 Å². The lowest BCUT2D eigenvalue weighted by molar-refractivity contribution is -0.114. The highest BCUT2D eigenvalue weighted by atomic mass is 19.1. The third kappa shape index (κ3) is 7.51. The van der Waals surface area contributed by atoms with Crippen molar-refractivity contribution >= 4 is 45.9 Å².